The summed E-state index contributed by atoms with van der Waals surface area (Å²) in [5.41, 5.74) is 0. The van der Waals surface area contributed by atoms with Gasteiger partial charge in [-0.1, -0.05) is 0 Å². The molecule has 0 fully saturated rings. The molecule has 0 saturated heterocycles. The van der Waals surface area contributed by atoms with Gasteiger partial charge in [-0.15, -0.1) is 0 Å². The van der Waals surface area contributed by atoms with Gasteiger partial charge in [0.25, 0.3) is 0 Å². The van der Waals surface area contributed by atoms with Crippen molar-refractivity contribution in [2.45, 2.75) is 44.2 Å². The molecule has 0 saturated carbocycles. The molecule has 0 amide bonds. The molecule has 1 unspecified atom stereocenters. The van der Waals surface area contributed by atoms with Crippen LogP contribution in [0.1, 0.15) is 40.0 Å². The van der Waals surface area contributed by atoms with E-state index >= 15 is 0 Å². The van der Waals surface area contributed by atoms with Gasteiger partial charge < -0.3 is 0 Å². The summed E-state index contributed by atoms with van der Waals surface area (Å²) < 4.78 is 16.8. The normalized spacial score (nSPS) is 12.0. The molecule has 3 radical (unpaired) electrons. The van der Waals surface area contributed by atoms with E-state index in [9.17, 15) is 0 Å². The van der Waals surface area contributed by atoms with E-state index in [1.165, 1.54) is 22.5 Å². The summed E-state index contributed by atoms with van der Waals surface area (Å²) in [5.74, 6) is 0.626. The van der Waals surface area contributed by atoms with Crippen molar-refractivity contribution in [1.82, 2.24) is 0 Å². The van der Waals surface area contributed by atoms with Crippen LogP contribution in [0.3, 0.4) is 0 Å². The molecule has 1 atom stereocenters. The minimum atomic E-state index is 0.135. The molecular weight excluding hydrogens is 311 g/mol. The third-order valence-corrected chi connectivity index (χ3v) is 2.64. The van der Waals surface area contributed by atoms with Crippen molar-refractivity contribution in [3.63, 3.8) is 0 Å². The predicted octanol–water partition coefficient (Wildman–Crippen LogP) is 2.60. The van der Waals surface area contributed by atoms with E-state index in [1.54, 1.807) is 0 Å². The maximum atomic E-state index is 5.59. The maximum absolute atomic E-state index is 5.59. The van der Waals surface area contributed by atoms with Crippen LogP contribution in [-0.4, -0.2) is 46.5 Å². The zero-order valence-corrected chi connectivity index (χ0v) is 13.5. The Kier molecular flexibility index (Phi) is 11.7. The predicted molar refractivity (Wildman–Crippen MR) is 66.4 cm³/mol. The van der Waals surface area contributed by atoms with E-state index in [1.807, 2.05) is 6.08 Å². The fourth-order valence-electron chi connectivity index (χ4n) is 0.960. The molecule has 0 heterocycles. The summed E-state index contributed by atoms with van der Waals surface area (Å²) >= 11 is 1.33. The van der Waals surface area contributed by atoms with Crippen molar-refractivity contribution >= 4 is 22.5 Å². The minimum absolute atomic E-state index is 0.135. The average molecular weight is 334 g/mol. The molecule has 16 heavy (non-hydrogen) atoms. The Morgan fingerprint density at radius 1 is 1.00 bits per heavy atom. The van der Waals surface area contributed by atoms with Crippen molar-refractivity contribution in [3.8, 4) is 0 Å². The molecule has 0 N–H and O–H groups in total. The van der Waals surface area contributed by atoms with Crippen molar-refractivity contribution < 1.29 is 14.2 Å². The van der Waals surface area contributed by atoms with Crippen LogP contribution in [0.2, 0.25) is 0 Å². The van der Waals surface area contributed by atoms with E-state index in [2.05, 4.69) is 20.8 Å². The molecule has 0 bridgehead atoms. The molecule has 0 rings (SSSR count). The Hall–Kier alpha value is 0.0987. The van der Waals surface area contributed by atoms with Gasteiger partial charge in [0, 0.05) is 0 Å². The first-order valence-electron chi connectivity index (χ1n) is 6.04. The van der Waals surface area contributed by atoms with E-state index in [0.29, 0.717) is 19.2 Å². The van der Waals surface area contributed by atoms with Crippen molar-refractivity contribution in [2.75, 3.05) is 19.8 Å². The zero-order chi connectivity index (χ0) is 12.2. The first-order valence-corrected chi connectivity index (χ1v) is 7.69. The van der Waals surface area contributed by atoms with Crippen LogP contribution in [-0.2, 0) is 14.2 Å². The van der Waals surface area contributed by atoms with Crippen LogP contribution in [0.5, 0.6) is 0 Å². The van der Waals surface area contributed by atoms with Crippen LogP contribution in [0.25, 0.3) is 0 Å². The topological polar surface area (TPSA) is 27.7 Å². The van der Waals surface area contributed by atoms with Crippen molar-refractivity contribution in [3.05, 3.63) is 12.0 Å². The average Bonchev–Trinajstić information content (AvgIpc) is 2.30. The Morgan fingerprint density at radius 2 is 1.50 bits per heavy atom. The number of hydrogen-bond acceptors (Lipinski definition) is 3. The van der Waals surface area contributed by atoms with Gasteiger partial charge in [0.1, 0.15) is 0 Å². The van der Waals surface area contributed by atoms with Crippen molar-refractivity contribution in [2.24, 2.45) is 0 Å². The molecule has 0 aliphatic rings. The summed E-state index contributed by atoms with van der Waals surface area (Å²) in [4.78, 5) is 0. The molecule has 93 valence electrons. The molecule has 0 aliphatic heterocycles. The molecule has 0 aromatic heterocycles. The first-order chi connectivity index (χ1) is 7.74. The van der Waals surface area contributed by atoms with Gasteiger partial charge >= 0.3 is 113 Å². The van der Waals surface area contributed by atoms with Crippen molar-refractivity contribution in [1.29, 1.82) is 0 Å². The SMILES string of the molecule is CCCOC(=C[CH]([Sn])OCCC)OCCC. The Morgan fingerprint density at radius 3 is 1.94 bits per heavy atom. The second-order valence-corrected chi connectivity index (χ2v) is 5.10. The van der Waals surface area contributed by atoms with Gasteiger partial charge in [0.05, 0.1) is 0 Å². The Balaban J connectivity index is 4.06. The van der Waals surface area contributed by atoms with Crippen LogP contribution in [0.15, 0.2) is 12.0 Å². The van der Waals surface area contributed by atoms with E-state index in [0.717, 1.165) is 25.9 Å². The second-order valence-electron chi connectivity index (χ2n) is 3.47. The molecule has 4 heteroatoms. The fraction of sp³-hybridized carbons (Fsp3) is 0.833. The van der Waals surface area contributed by atoms with Gasteiger partial charge in [-0.25, -0.2) is 0 Å². The number of hydrogen-bond donors (Lipinski definition) is 0. The van der Waals surface area contributed by atoms with E-state index < -0.39 is 0 Å². The summed E-state index contributed by atoms with van der Waals surface area (Å²) in [6, 6.07) is 0. The first kappa shape index (κ1) is 16.1. The van der Waals surface area contributed by atoms with Crippen LogP contribution < -0.4 is 0 Å². The van der Waals surface area contributed by atoms with Crippen LogP contribution >= 0.6 is 0 Å². The Labute approximate surface area is 113 Å². The molecule has 0 aromatic rings. The van der Waals surface area contributed by atoms with Gasteiger partial charge in [-0.3, -0.25) is 0 Å². The second kappa shape index (κ2) is 11.6. The summed E-state index contributed by atoms with van der Waals surface area (Å²) in [7, 11) is 0. The van der Waals surface area contributed by atoms with Gasteiger partial charge in [0.2, 0.25) is 0 Å². The molecular formula is C12H23O3Sn. The van der Waals surface area contributed by atoms with E-state index in [-0.39, 0.29) is 4.12 Å². The van der Waals surface area contributed by atoms with Gasteiger partial charge in [-0.2, -0.15) is 0 Å². The zero-order valence-electron chi connectivity index (χ0n) is 10.6. The van der Waals surface area contributed by atoms with Crippen LogP contribution in [0, 0.1) is 0 Å². The summed E-state index contributed by atoms with van der Waals surface area (Å²) in [5, 5.41) is 0. The van der Waals surface area contributed by atoms with Gasteiger partial charge in [-0.05, 0) is 0 Å². The monoisotopic (exact) mass is 335 g/mol. The quantitative estimate of drug-likeness (QED) is 0.454. The third-order valence-electron chi connectivity index (χ3n) is 1.69. The number of rotatable bonds is 10. The summed E-state index contributed by atoms with van der Waals surface area (Å²) in [6.07, 6.45) is 4.97. The number of ether oxygens (including phenoxy) is 3. The third kappa shape index (κ3) is 9.33. The fourth-order valence-corrected chi connectivity index (χ4v) is 1.68. The standard InChI is InChI=1S/C12H23O3.Sn/c1-4-8-13-11-7-12(14-9-5-2)15-10-6-3;/h7,11H,4-6,8-10H2,1-3H3;. The van der Waals surface area contributed by atoms with Gasteiger partial charge in [0.15, 0.2) is 0 Å². The van der Waals surface area contributed by atoms with E-state index in [4.69, 9.17) is 14.2 Å². The van der Waals surface area contributed by atoms with Crippen LogP contribution in [0.4, 0.5) is 0 Å². The molecule has 3 nitrogen and oxygen atoms in total. The molecule has 0 aliphatic carbocycles. The Bertz CT molecular complexity index is 173. The summed E-state index contributed by atoms with van der Waals surface area (Å²) in [6.45, 7) is 8.47. The molecule has 0 aromatic carbocycles. The molecule has 0 spiro atoms.